The van der Waals surface area contributed by atoms with Crippen molar-refractivity contribution in [2.45, 2.75) is 72.1 Å². The average Bonchev–Trinajstić information content (AvgIpc) is 3.34. The van der Waals surface area contributed by atoms with Gasteiger partial charge >= 0.3 is 12.7 Å². The molecule has 2 aromatic carbocycles. The van der Waals surface area contributed by atoms with Gasteiger partial charge in [-0.3, -0.25) is 14.3 Å². The number of aromatic nitrogens is 2. The number of nitrogens with zero attached hydrogens (tertiary/aromatic N) is 4. The first-order valence-electron chi connectivity index (χ1n) is 14.7. The molecule has 1 N–H and O–H groups in total. The number of rotatable bonds is 10. The summed E-state index contributed by atoms with van der Waals surface area (Å²) in [7, 11) is 6.52. The number of aliphatic hydroxyl groups excluding tert-OH is 1. The van der Waals surface area contributed by atoms with Crippen LogP contribution < -0.4 is 4.74 Å². The van der Waals surface area contributed by atoms with Crippen molar-refractivity contribution in [1.82, 2.24) is 19.4 Å². The number of benzene rings is 2. The van der Waals surface area contributed by atoms with Crippen LogP contribution in [-0.2, 0) is 4.74 Å². The first-order chi connectivity index (χ1) is 21.8. The van der Waals surface area contributed by atoms with E-state index >= 15 is 0 Å². The normalized spacial score (nSPS) is 11.2. The molecule has 1 amide bonds. The molecule has 0 radical (unpaired) electrons. The standard InChI is InChI=1S/C31H38F2N4O4.C3H4.CH4O/c1-8-24(35(5)6)28-34-23-17-16-21(13-10-9-11-18-36(7)30(39)41-31(2,3)4)19-25(23)37(28)27-22(20-38)14-12-15-26(27)40-29(32)33;1-3-2;1-2/h12,14-17,19-20,24,29H,8-9,11,18H2,1-7H3;1H,2H3;2H,1H3/t24-;;/m1../s1. The molecule has 0 aliphatic rings. The fourth-order valence-corrected chi connectivity index (χ4v) is 4.47. The number of carbonyl (C=O) groups excluding carboxylic acids is 2. The minimum atomic E-state index is -3.07. The van der Waals surface area contributed by atoms with Crippen LogP contribution in [0.15, 0.2) is 36.4 Å². The number of terminal acetylenes is 1. The topological polar surface area (TPSA) is 97.1 Å². The highest BCUT2D eigenvalue weighted by molar-refractivity contribution is 5.87. The van der Waals surface area contributed by atoms with Crippen molar-refractivity contribution < 1.29 is 33.0 Å². The number of ether oxygens (including phenoxy) is 2. The van der Waals surface area contributed by atoms with E-state index in [9.17, 15) is 18.4 Å². The van der Waals surface area contributed by atoms with Crippen molar-refractivity contribution >= 4 is 23.4 Å². The van der Waals surface area contributed by atoms with Crippen LogP contribution in [-0.4, -0.2) is 83.8 Å². The van der Waals surface area contributed by atoms with E-state index in [-0.39, 0.29) is 29.1 Å². The molecule has 0 spiro atoms. The van der Waals surface area contributed by atoms with Crippen LogP contribution in [0.5, 0.6) is 5.75 Å². The van der Waals surface area contributed by atoms with E-state index < -0.39 is 12.2 Å². The lowest BCUT2D eigenvalue weighted by atomic mass is 10.1. The van der Waals surface area contributed by atoms with E-state index in [0.717, 1.165) is 7.11 Å². The number of imidazole rings is 1. The van der Waals surface area contributed by atoms with Gasteiger partial charge in [0.2, 0.25) is 0 Å². The molecule has 46 heavy (non-hydrogen) atoms. The van der Waals surface area contributed by atoms with Gasteiger partial charge in [-0.2, -0.15) is 8.78 Å². The number of amides is 1. The number of hydrogen-bond donors (Lipinski definition) is 1. The van der Waals surface area contributed by atoms with E-state index in [1.54, 1.807) is 24.6 Å². The third-order valence-corrected chi connectivity index (χ3v) is 6.32. The van der Waals surface area contributed by atoms with Gasteiger partial charge in [-0.25, -0.2) is 9.78 Å². The van der Waals surface area contributed by atoms with E-state index in [1.807, 2.05) is 64.9 Å². The Balaban J connectivity index is 0.00000199. The van der Waals surface area contributed by atoms with Crippen LogP contribution in [0.4, 0.5) is 13.6 Å². The number of para-hydroxylation sites is 1. The summed E-state index contributed by atoms with van der Waals surface area (Å²) in [4.78, 5) is 32.6. The molecule has 0 bridgehead atoms. The van der Waals surface area contributed by atoms with Gasteiger partial charge < -0.3 is 19.5 Å². The molecule has 250 valence electrons. The van der Waals surface area contributed by atoms with Crippen LogP contribution in [0.1, 0.15) is 81.7 Å². The molecule has 3 rings (SSSR count). The maximum atomic E-state index is 13.4. The molecule has 0 unspecified atom stereocenters. The van der Waals surface area contributed by atoms with Crippen LogP contribution in [0.25, 0.3) is 16.7 Å². The summed E-state index contributed by atoms with van der Waals surface area (Å²) >= 11 is 0. The SMILES string of the molecule is C#CC.CC[C@H](c1nc2ccc(C#CCCCN(C)C(=O)OC(C)(C)C)cc2n1-c1c(C=O)cccc1OC(F)F)N(C)C.CO. The number of halogens is 2. The van der Waals surface area contributed by atoms with E-state index in [1.165, 1.54) is 17.0 Å². The fraction of sp³-hybridized carbons (Fsp3) is 0.457. The molecular weight excluding hydrogens is 594 g/mol. The highest BCUT2D eigenvalue weighted by atomic mass is 19.3. The van der Waals surface area contributed by atoms with Crippen molar-refractivity contribution in [2.24, 2.45) is 0 Å². The second-order valence-electron chi connectivity index (χ2n) is 11.2. The number of alkyl halides is 2. The van der Waals surface area contributed by atoms with Gasteiger partial charge in [0.05, 0.1) is 17.1 Å². The van der Waals surface area contributed by atoms with Gasteiger partial charge in [0.15, 0.2) is 12.0 Å². The van der Waals surface area contributed by atoms with Crippen molar-refractivity contribution in [1.29, 1.82) is 0 Å². The van der Waals surface area contributed by atoms with Crippen LogP contribution >= 0.6 is 0 Å². The smallest absolute Gasteiger partial charge is 0.410 e. The Morgan fingerprint density at radius 3 is 2.37 bits per heavy atom. The van der Waals surface area contributed by atoms with E-state index in [0.29, 0.717) is 54.5 Å². The predicted molar refractivity (Wildman–Crippen MR) is 177 cm³/mol. The van der Waals surface area contributed by atoms with Gasteiger partial charge in [-0.1, -0.05) is 24.8 Å². The maximum absolute atomic E-state index is 13.4. The molecule has 1 heterocycles. The third-order valence-electron chi connectivity index (χ3n) is 6.32. The highest BCUT2D eigenvalue weighted by Crippen LogP contribution is 2.36. The van der Waals surface area contributed by atoms with E-state index in [2.05, 4.69) is 24.2 Å². The molecule has 0 aliphatic carbocycles. The first-order valence-corrected chi connectivity index (χ1v) is 14.7. The molecule has 0 saturated carbocycles. The lowest BCUT2D eigenvalue weighted by Gasteiger charge is -2.25. The van der Waals surface area contributed by atoms with Gasteiger partial charge in [-0.15, -0.1) is 12.3 Å². The van der Waals surface area contributed by atoms with Crippen molar-refractivity contribution in [3.63, 3.8) is 0 Å². The molecule has 9 nitrogen and oxygen atoms in total. The Kier molecular flexibility index (Phi) is 16.5. The van der Waals surface area contributed by atoms with Crippen LogP contribution in [0, 0.1) is 24.2 Å². The summed E-state index contributed by atoms with van der Waals surface area (Å²) < 4.78 is 38.7. The van der Waals surface area contributed by atoms with E-state index in [4.69, 9.17) is 19.6 Å². The number of aldehydes is 1. The second-order valence-corrected chi connectivity index (χ2v) is 11.2. The summed E-state index contributed by atoms with van der Waals surface area (Å²) in [6.07, 6.45) is 6.74. The first kappa shape index (κ1) is 39.6. The third kappa shape index (κ3) is 11.5. The number of unbranched alkanes of at least 4 members (excludes halogenated alkanes) is 1. The zero-order valence-electron chi connectivity index (χ0n) is 28.2. The largest absolute Gasteiger partial charge is 0.444 e. The van der Waals surface area contributed by atoms with Crippen molar-refractivity contribution in [3.05, 3.63) is 53.3 Å². The molecule has 0 fully saturated rings. The Morgan fingerprint density at radius 2 is 1.83 bits per heavy atom. The molecule has 1 aromatic heterocycles. The zero-order chi connectivity index (χ0) is 35.0. The lowest BCUT2D eigenvalue weighted by molar-refractivity contribution is -0.0499. The molecular formula is C35H46F2N4O5. The predicted octanol–water partition coefficient (Wildman–Crippen LogP) is 6.70. The summed E-state index contributed by atoms with van der Waals surface area (Å²) in [6, 6.07) is 9.82. The average molecular weight is 641 g/mol. The Hall–Kier alpha value is -4.45. The zero-order valence-corrected chi connectivity index (χ0v) is 28.2. The summed E-state index contributed by atoms with van der Waals surface area (Å²) in [5.41, 5.74) is 1.79. The number of carbonyl (C=O) groups is 2. The van der Waals surface area contributed by atoms with Gasteiger partial charge in [0, 0.05) is 38.2 Å². The molecule has 0 aliphatic heterocycles. The lowest BCUT2D eigenvalue weighted by Crippen LogP contribution is -2.34. The van der Waals surface area contributed by atoms with Crippen LogP contribution in [0.2, 0.25) is 0 Å². The molecule has 1 atom stereocenters. The maximum Gasteiger partial charge on any atom is 0.410 e. The van der Waals surface area contributed by atoms with Gasteiger partial charge in [-0.05, 0) is 85.0 Å². The van der Waals surface area contributed by atoms with Crippen molar-refractivity contribution in [3.8, 4) is 35.6 Å². The summed E-state index contributed by atoms with van der Waals surface area (Å²) in [5, 5.41) is 7.00. The quantitative estimate of drug-likeness (QED) is 0.150. The van der Waals surface area contributed by atoms with Crippen molar-refractivity contribution in [2.75, 3.05) is 34.8 Å². The molecule has 11 heteroatoms. The molecule has 0 saturated heterocycles. The summed E-state index contributed by atoms with van der Waals surface area (Å²) in [6.45, 7) is 6.56. The minimum Gasteiger partial charge on any atom is -0.444 e. The van der Waals surface area contributed by atoms with Crippen LogP contribution in [0.3, 0.4) is 0 Å². The monoisotopic (exact) mass is 640 g/mol. The Bertz CT molecular complexity index is 1530. The molecule has 3 aromatic rings. The van der Waals surface area contributed by atoms with Gasteiger partial charge in [0.25, 0.3) is 0 Å². The van der Waals surface area contributed by atoms with Gasteiger partial charge in [0.1, 0.15) is 17.1 Å². The Morgan fingerprint density at radius 1 is 1.17 bits per heavy atom. The minimum absolute atomic E-state index is 0.121. The number of fused-ring (bicyclic) bond motifs is 1. The number of aliphatic hydroxyl groups is 1. The number of hydrogen-bond acceptors (Lipinski definition) is 7. The fourth-order valence-electron chi connectivity index (χ4n) is 4.47. The highest BCUT2D eigenvalue weighted by Gasteiger charge is 2.26. The summed E-state index contributed by atoms with van der Waals surface area (Å²) in [5.74, 6) is 9.01. The second kappa shape index (κ2) is 19.2. The Labute approximate surface area is 271 Å².